The monoisotopic (exact) mass is 350 g/mol. The summed E-state index contributed by atoms with van der Waals surface area (Å²) in [5, 5.41) is 10.4. The molecule has 0 amide bonds. The summed E-state index contributed by atoms with van der Waals surface area (Å²) in [4.78, 5) is 12.2. The van der Waals surface area contributed by atoms with Crippen LogP contribution in [0.1, 0.15) is 0 Å². The van der Waals surface area contributed by atoms with E-state index in [1.165, 1.54) is 12.1 Å². The van der Waals surface area contributed by atoms with Gasteiger partial charge in [0.2, 0.25) is 0 Å². The lowest BCUT2D eigenvalue weighted by Crippen LogP contribution is -2.01. The van der Waals surface area contributed by atoms with Crippen LogP contribution >= 0.6 is 27.5 Å². The maximum atomic E-state index is 12.2. The smallest absolute Gasteiger partial charge is 0.197 e. The minimum atomic E-state index is -0.319. The highest BCUT2D eigenvalue weighted by atomic mass is 79.9. The molecule has 1 heterocycles. The van der Waals surface area contributed by atoms with E-state index in [-0.39, 0.29) is 16.6 Å². The van der Waals surface area contributed by atoms with Gasteiger partial charge in [-0.25, -0.2) is 0 Å². The van der Waals surface area contributed by atoms with Crippen molar-refractivity contribution in [2.75, 3.05) is 0 Å². The average molecular weight is 352 g/mol. The predicted octanol–water partition coefficient (Wildman–Crippen LogP) is 4.58. The molecule has 1 N–H and O–H groups in total. The summed E-state index contributed by atoms with van der Waals surface area (Å²) in [5.41, 5.74) is 0.607. The van der Waals surface area contributed by atoms with E-state index in [2.05, 4.69) is 15.9 Å². The number of aromatic hydroxyl groups is 1. The molecule has 0 radical (unpaired) electrons. The number of fused-ring (bicyclic) bond motifs is 1. The maximum absolute atomic E-state index is 12.2. The number of hydrogen-bond acceptors (Lipinski definition) is 3. The summed E-state index contributed by atoms with van der Waals surface area (Å²) in [5.74, 6) is 0.252. The Morgan fingerprint density at radius 3 is 2.65 bits per heavy atom. The van der Waals surface area contributed by atoms with Gasteiger partial charge in [-0.2, -0.15) is 0 Å². The van der Waals surface area contributed by atoms with Crippen molar-refractivity contribution in [1.82, 2.24) is 0 Å². The number of hydrogen-bond donors (Lipinski definition) is 1. The van der Waals surface area contributed by atoms with Gasteiger partial charge < -0.3 is 9.52 Å². The summed E-state index contributed by atoms with van der Waals surface area (Å²) >= 11 is 9.42. The highest BCUT2D eigenvalue weighted by Crippen LogP contribution is 2.33. The number of halogens is 2. The zero-order valence-electron chi connectivity index (χ0n) is 10.1. The minimum absolute atomic E-state index is 0.109. The topological polar surface area (TPSA) is 50.4 Å². The minimum Gasteiger partial charge on any atom is -0.507 e. The van der Waals surface area contributed by atoms with E-state index in [4.69, 9.17) is 16.0 Å². The van der Waals surface area contributed by atoms with Gasteiger partial charge in [0.15, 0.2) is 11.0 Å². The molecule has 3 rings (SSSR count). The molecule has 0 aliphatic carbocycles. The second-order valence-corrected chi connectivity index (χ2v) is 5.49. The van der Waals surface area contributed by atoms with Gasteiger partial charge in [-0.15, -0.1) is 0 Å². The van der Waals surface area contributed by atoms with Crippen molar-refractivity contribution in [3.05, 3.63) is 62.2 Å². The molecule has 0 spiro atoms. The first kappa shape index (κ1) is 13.2. The number of phenols is 1. The van der Waals surface area contributed by atoms with Crippen LogP contribution in [-0.4, -0.2) is 5.11 Å². The van der Waals surface area contributed by atoms with E-state index in [0.717, 1.165) is 0 Å². The number of benzene rings is 2. The Morgan fingerprint density at radius 2 is 1.90 bits per heavy atom. The molecule has 20 heavy (non-hydrogen) atoms. The Hall–Kier alpha value is -1.78. The molecule has 1 aromatic heterocycles. The molecule has 0 aliphatic heterocycles. The molecule has 2 aromatic carbocycles. The van der Waals surface area contributed by atoms with E-state index in [1.807, 2.05) is 6.07 Å². The molecule has 0 saturated carbocycles. The molecule has 0 atom stereocenters. The summed E-state index contributed by atoms with van der Waals surface area (Å²) < 4.78 is 6.32. The van der Waals surface area contributed by atoms with Crippen molar-refractivity contribution in [1.29, 1.82) is 0 Å². The van der Waals surface area contributed by atoms with Crippen LogP contribution in [0, 0.1) is 0 Å². The Balaban J connectivity index is 2.39. The Labute approximate surface area is 127 Å². The van der Waals surface area contributed by atoms with Gasteiger partial charge in [-0.05, 0) is 40.2 Å². The normalized spacial score (nSPS) is 10.9. The van der Waals surface area contributed by atoms with Crippen molar-refractivity contribution >= 4 is 38.5 Å². The molecule has 5 heteroatoms. The third-order valence-electron chi connectivity index (χ3n) is 2.95. The summed E-state index contributed by atoms with van der Waals surface area (Å²) in [6.07, 6.45) is 0. The molecule has 0 unspecified atom stereocenters. The van der Waals surface area contributed by atoms with Gasteiger partial charge in [-0.1, -0.05) is 23.7 Å². The van der Waals surface area contributed by atoms with Crippen molar-refractivity contribution < 1.29 is 9.52 Å². The van der Waals surface area contributed by atoms with Crippen molar-refractivity contribution in [2.24, 2.45) is 0 Å². The van der Waals surface area contributed by atoms with Crippen LogP contribution in [0.3, 0.4) is 0 Å². The summed E-state index contributed by atoms with van der Waals surface area (Å²) in [7, 11) is 0. The Kier molecular flexibility index (Phi) is 3.28. The van der Waals surface area contributed by atoms with E-state index < -0.39 is 0 Å². The lowest BCUT2D eigenvalue weighted by molar-refractivity contribution is 0.479. The second kappa shape index (κ2) is 4.96. The zero-order chi connectivity index (χ0) is 14.3. The summed E-state index contributed by atoms with van der Waals surface area (Å²) in [6.45, 7) is 0. The van der Waals surface area contributed by atoms with Crippen molar-refractivity contribution in [3.63, 3.8) is 0 Å². The molecule has 0 saturated heterocycles. The van der Waals surface area contributed by atoms with Crippen LogP contribution in [0.5, 0.6) is 5.75 Å². The SMILES string of the molecule is O=c1cc(-c2ccccc2Cl)oc2c(Br)ccc(O)c12. The Morgan fingerprint density at radius 1 is 1.15 bits per heavy atom. The largest absolute Gasteiger partial charge is 0.507 e. The fraction of sp³-hybridized carbons (Fsp3) is 0. The number of phenolic OH excluding ortho intramolecular Hbond substituents is 1. The average Bonchev–Trinajstić information content (AvgIpc) is 2.43. The molecular formula is C15H8BrClO3. The maximum Gasteiger partial charge on any atom is 0.197 e. The van der Waals surface area contributed by atoms with Crippen LogP contribution in [0.15, 0.2) is 56.1 Å². The third-order valence-corrected chi connectivity index (χ3v) is 3.90. The lowest BCUT2D eigenvalue weighted by Gasteiger charge is -2.07. The van der Waals surface area contributed by atoms with Crippen LogP contribution in [0.4, 0.5) is 0 Å². The van der Waals surface area contributed by atoms with E-state index in [1.54, 1.807) is 24.3 Å². The first-order valence-corrected chi connectivity index (χ1v) is 6.95. The standard InChI is InChI=1S/C15H8BrClO3/c16-9-5-6-11(18)14-12(19)7-13(20-15(9)14)8-3-1-2-4-10(8)17/h1-7,18H. The molecule has 0 aliphatic rings. The first-order valence-electron chi connectivity index (χ1n) is 5.78. The molecule has 3 aromatic rings. The van der Waals surface area contributed by atoms with Crippen LogP contribution in [0.2, 0.25) is 5.02 Å². The number of rotatable bonds is 1. The molecule has 0 bridgehead atoms. The van der Waals surface area contributed by atoms with E-state index in [9.17, 15) is 9.90 Å². The fourth-order valence-electron chi connectivity index (χ4n) is 2.01. The van der Waals surface area contributed by atoms with Crippen LogP contribution in [-0.2, 0) is 0 Å². The van der Waals surface area contributed by atoms with Gasteiger partial charge in [0.25, 0.3) is 0 Å². The second-order valence-electron chi connectivity index (χ2n) is 4.23. The quantitative estimate of drug-likeness (QED) is 0.698. The zero-order valence-corrected chi connectivity index (χ0v) is 12.4. The third kappa shape index (κ3) is 2.11. The molecule has 3 nitrogen and oxygen atoms in total. The summed E-state index contributed by atoms with van der Waals surface area (Å²) in [6, 6.07) is 11.5. The van der Waals surface area contributed by atoms with Gasteiger partial charge >= 0.3 is 0 Å². The van der Waals surface area contributed by atoms with Gasteiger partial charge in [0, 0.05) is 11.6 Å². The predicted molar refractivity (Wildman–Crippen MR) is 82.3 cm³/mol. The highest BCUT2D eigenvalue weighted by molar-refractivity contribution is 9.10. The fourth-order valence-corrected chi connectivity index (χ4v) is 2.65. The van der Waals surface area contributed by atoms with Crippen LogP contribution in [0.25, 0.3) is 22.3 Å². The Bertz CT molecular complexity index is 871. The first-order chi connectivity index (χ1) is 9.58. The highest BCUT2D eigenvalue weighted by Gasteiger charge is 2.14. The lowest BCUT2D eigenvalue weighted by atomic mass is 10.1. The van der Waals surface area contributed by atoms with Gasteiger partial charge in [0.05, 0.1) is 9.50 Å². The van der Waals surface area contributed by atoms with Crippen molar-refractivity contribution in [3.8, 4) is 17.1 Å². The van der Waals surface area contributed by atoms with Crippen LogP contribution < -0.4 is 5.43 Å². The van der Waals surface area contributed by atoms with E-state index in [0.29, 0.717) is 26.4 Å². The molecule has 0 fully saturated rings. The molecular weight excluding hydrogens is 344 g/mol. The van der Waals surface area contributed by atoms with Gasteiger partial charge in [-0.3, -0.25) is 4.79 Å². The van der Waals surface area contributed by atoms with Gasteiger partial charge in [0.1, 0.15) is 16.9 Å². The van der Waals surface area contributed by atoms with Crippen molar-refractivity contribution in [2.45, 2.75) is 0 Å². The van der Waals surface area contributed by atoms with E-state index >= 15 is 0 Å². The molecule has 100 valence electrons.